The fourth-order valence-electron chi connectivity index (χ4n) is 3.84. The second kappa shape index (κ2) is 9.26. The molecule has 2 aromatic rings. The highest BCUT2D eigenvalue weighted by Gasteiger charge is 2.33. The van der Waals surface area contributed by atoms with Crippen molar-refractivity contribution in [3.05, 3.63) is 66.0 Å². The van der Waals surface area contributed by atoms with Gasteiger partial charge in [0.1, 0.15) is 38.0 Å². The van der Waals surface area contributed by atoms with Crippen molar-refractivity contribution < 1.29 is 14.2 Å². The number of rotatable bonds is 5. The molecule has 1 heterocycles. The molecule has 0 aliphatic carbocycles. The lowest BCUT2D eigenvalue weighted by Crippen LogP contribution is -3.27. The Morgan fingerprint density at radius 3 is 2.26 bits per heavy atom. The molecular formula is C21H29FN4S+2. The third kappa shape index (κ3) is 5.48. The molecule has 4 nitrogen and oxygen atoms in total. The van der Waals surface area contributed by atoms with E-state index in [-0.39, 0.29) is 11.9 Å². The van der Waals surface area contributed by atoms with Crippen LogP contribution in [-0.4, -0.2) is 44.4 Å². The molecule has 0 spiro atoms. The zero-order valence-electron chi connectivity index (χ0n) is 16.0. The fourth-order valence-corrected chi connectivity index (χ4v) is 4.14. The molecule has 1 aliphatic rings. The monoisotopic (exact) mass is 388 g/mol. The molecule has 0 amide bonds. The van der Waals surface area contributed by atoms with Crippen LogP contribution in [0.25, 0.3) is 0 Å². The molecule has 0 unspecified atom stereocenters. The molecule has 27 heavy (non-hydrogen) atoms. The number of hydrogen-bond donors (Lipinski definition) is 4. The SMILES string of the molecule is C[C@H](NC(=S)Nc1ccc(F)cc1)[C@H](c1ccccc1)[NH+]1CC[NH+](C)CC1. The van der Waals surface area contributed by atoms with E-state index in [1.165, 1.54) is 30.8 Å². The Hall–Kier alpha value is -2.02. The maximum absolute atomic E-state index is 13.1. The molecule has 1 saturated heterocycles. The zero-order chi connectivity index (χ0) is 19.2. The molecular weight excluding hydrogens is 359 g/mol. The van der Waals surface area contributed by atoms with E-state index in [0.29, 0.717) is 11.2 Å². The minimum absolute atomic E-state index is 0.168. The topological polar surface area (TPSA) is 32.9 Å². The molecule has 0 saturated carbocycles. The van der Waals surface area contributed by atoms with E-state index in [1.54, 1.807) is 21.9 Å². The van der Waals surface area contributed by atoms with E-state index in [1.807, 2.05) is 0 Å². The Morgan fingerprint density at radius 2 is 1.63 bits per heavy atom. The van der Waals surface area contributed by atoms with Crippen LogP contribution in [0.2, 0.25) is 0 Å². The van der Waals surface area contributed by atoms with Crippen LogP contribution in [0, 0.1) is 5.82 Å². The highest BCUT2D eigenvalue weighted by Crippen LogP contribution is 2.14. The van der Waals surface area contributed by atoms with E-state index >= 15 is 0 Å². The standard InChI is InChI=1S/C21H27FN4S/c1-16(23-21(27)24-19-10-8-18(22)9-11-19)20(17-6-4-3-5-7-17)26-14-12-25(2)13-15-26/h3-11,16,20H,12-15H2,1-2H3,(H2,23,24,27)/p+2/t16-,20+/m0/s1. The van der Waals surface area contributed by atoms with Gasteiger partial charge in [0.05, 0.1) is 13.1 Å². The number of hydrogen-bond acceptors (Lipinski definition) is 1. The minimum Gasteiger partial charge on any atom is -0.354 e. The van der Waals surface area contributed by atoms with Crippen LogP contribution in [0.1, 0.15) is 18.5 Å². The highest BCUT2D eigenvalue weighted by atomic mass is 32.1. The molecule has 0 radical (unpaired) electrons. The lowest BCUT2D eigenvalue weighted by atomic mass is 9.98. The van der Waals surface area contributed by atoms with E-state index in [2.05, 4.69) is 54.9 Å². The van der Waals surface area contributed by atoms with Crippen molar-refractivity contribution in [2.75, 3.05) is 38.5 Å². The number of likely N-dealkylation sites (N-methyl/N-ethyl adjacent to an activating group) is 1. The van der Waals surface area contributed by atoms with Crippen LogP contribution in [0.15, 0.2) is 54.6 Å². The summed E-state index contributed by atoms with van der Waals surface area (Å²) in [5.74, 6) is -0.252. The van der Waals surface area contributed by atoms with Crippen LogP contribution in [0.4, 0.5) is 10.1 Å². The summed E-state index contributed by atoms with van der Waals surface area (Å²) in [5.41, 5.74) is 2.12. The summed E-state index contributed by atoms with van der Waals surface area (Å²) in [7, 11) is 2.26. The smallest absolute Gasteiger partial charge is 0.171 e. The first-order valence-electron chi connectivity index (χ1n) is 9.57. The van der Waals surface area contributed by atoms with Gasteiger partial charge < -0.3 is 20.4 Å². The maximum Gasteiger partial charge on any atom is 0.171 e. The number of benzene rings is 2. The normalized spacial score (nSPS) is 21.9. The van der Waals surface area contributed by atoms with Gasteiger partial charge in [0.25, 0.3) is 0 Å². The Balaban J connectivity index is 1.69. The van der Waals surface area contributed by atoms with Crippen molar-refractivity contribution in [2.24, 2.45) is 0 Å². The molecule has 4 N–H and O–H groups in total. The Bertz CT molecular complexity index is 730. The Morgan fingerprint density at radius 1 is 1.00 bits per heavy atom. The van der Waals surface area contributed by atoms with Crippen LogP contribution in [0.3, 0.4) is 0 Å². The average molecular weight is 389 g/mol. The zero-order valence-corrected chi connectivity index (χ0v) is 16.8. The summed E-state index contributed by atoms with van der Waals surface area (Å²) in [6.45, 7) is 6.85. The van der Waals surface area contributed by atoms with Gasteiger partial charge in [-0.25, -0.2) is 4.39 Å². The number of quaternary nitrogens is 2. The summed E-state index contributed by atoms with van der Waals surface area (Å²) in [6.07, 6.45) is 0. The first-order chi connectivity index (χ1) is 13.0. The minimum atomic E-state index is -0.252. The van der Waals surface area contributed by atoms with Gasteiger partial charge in [-0.3, -0.25) is 0 Å². The molecule has 3 rings (SSSR count). The molecule has 6 heteroatoms. The lowest BCUT2D eigenvalue weighted by molar-refractivity contribution is -1.02. The van der Waals surface area contributed by atoms with Crippen LogP contribution < -0.4 is 20.4 Å². The van der Waals surface area contributed by atoms with Gasteiger partial charge in [-0.05, 0) is 43.4 Å². The van der Waals surface area contributed by atoms with E-state index in [0.717, 1.165) is 18.8 Å². The first-order valence-corrected chi connectivity index (χ1v) is 9.97. The predicted octanol–water partition coefficient (Wildman–Crippen LogP) is 0.655. The Labute approximate surface area is 166 Å². The van der Waals surface area contributed by atoms with Crippen molar-refractivity contribution >= 4 is 23.0 Å². The molecule has 0 aromatic heterocycles. The van der Waals surface area contributed by atoms with Gasteiger partial charge in [-0.15, -0.1) is 0 Å². The van der Waals surface area contributed by atoms with Gasteiger partial charge in [0.2, 0.25) is 0 Å². The highest BCUT2D eigenvalue weighted by molar-refractivity contribution is 7.80. The van der Waals surface area contributed by atoms with Crippen molar-refractivity contribution in [3.63, 3.8) is 0 Å². The summed E-state index contributed by atoms with van der Waals surface area (Å²) < 4.78 is 13.1. The van der Waals surface area contributed by atoms with Crippen LogP contribution in [-0.2, 0) is 0 Å². The lowest BCUT2D eigenvalue weighted by Gasteiger charge is -2.37. The van der Waals surface area contributed by atoms with Gasteiger partial charge in [0, 0.05) is 11.3 Å². The first kappa shape index (κ1) is 19.7. The maximum atomic E-state index is 13.1. The third-order valence-electron chi connectivity index (χ3n) is 5.31. The van der Waals surface area contributed by atoms with Crippen LogP contribution in [0.5, 0.6) is 0 Å². The van der Waals surface area contributed by atoms with E-state index in [4.69, 9.17) is 12.2 Å². The third-order valence-corrected chi connectivity index (χ3v) is 5.53. The number of nitrogens with one attached hydrogen (secondary N) is 4. The van der Waals surface area contributed by atoms with Gasteiger partial charge >= 0.3 is 0 Å². The molecule has 1 fully saturated rings. The van der Waals surface area contributed by atoms with E-state index in [9.17, 15) is 4.39 Å². The molecule has 144 valence electrons. The summed E-state index contributed by atoms with van der Waals surface area (Å²) >= 11 is 5.51. The predicted molar refractivity (Wildman–Crippen MR) is 112 cm³/mol. The second-order valence-electron chi connectivity index (χ2n) is 7.40. The summed E-state index contributed by atoms with van der Waals surface area (Å²) in [5, 5.41) is 7.17. The van der Waals surface area contributed by atoms with Crippen LogP contribution >= 0.6 is 12.2 Å². The van der Waals surface area contributed by atoms with Gasteiger partial charge in [-0.2, -0.15) is 0 Å². The quantitative estimate of drug-likeness (QED) is 0.568. The number of halogens is 1. The summed E-state index contributed by atoms with van der Waals surface area (Å²) in [4.78, 5) is 3.19. The number of thiocarbonyl (C=S) groups is 1. The molecule has 2 aromatic carbocycles. The van der Waals surface area contributed by atoms with Crippen molar-refractivity contribution in [1.82, 2.24) is 5.32 Å². The van der Waals surface area contributed by atoms with Crippen molar-refractivity contribution in [2.45, 2.75) is 19.0 Å². The number of anilines is 1. The molecule has 1 aliphatic heterocycles. The van der Waals surface area contributed by atoms with Gasteiger partial charge in [0.15, 0.2) is 5.11 Å². The largest absolute Gasteiger partial charge is 0.354 e. The van der Waals surface area contributed by atoms with Gasteiger partial charge in [-0.1, -0.05) is 30.3 Å². The second-order valence-corrected chi connectivity index (χ2v) is 7.81. The number of piperazine rings is 1. The Kier molecular flexibility index (Phi) is 6.77. The van der Waals surface area contributed by atoms with Crippen molar-refractivity contribution in [1.29, 1.82) is 0 Å². The fraction of sp³-hybridized carbons (Fsp3) is 0.381. The molecule has 2 atom stereocenters. The van der Waals surface area contributed by atoms with Crippen molar-refractivity contribution in [3.8, 4) is 0 Å². The van der Waals surface area contributed by atoms with E-state index < -0.39 is 0 Å². The summed E-state index contributed by atoms with van der Waals surface area (Å²) in [6, 6.07) is 17.4. The molecule has 0 bridgehead atoms. The average Bonchev–Trinajstić information content (AvgIpc) is 2.66.